The molecule has 0 atom stereocenters. The highest BCUT2D eigenvalue weighted by molar-refractivity contribution is 5.51. The van der Waals surface area contributed by atoms with Crippen LogP contribution in [0.15, 0.2) is 6.20 Å². The van der Waals surface area contributed by atoms with E-state index in [-0.39, 0.29) is 5.54 Å². The smallest absolute Gasteiger partial charge is 0.154 e. The standard InChI is InChI=1S/C14H22N6/c1-10-12-6-5-7-19(13(12)17-15-10)8-11-9-20(18-16-11)14(2,3)4/h9H,5-8H2,1-4H3,(H,15,17). The molecule has 0 saturated carbocycles. The first-order chi connectivity index (χ1) is 9.45. The fraction of sp³-hybridized carbons (Fsp3) is 0.643. The monoisotopic (exact) mass is 274 g/mol. The van der Waals surface area contributed by atoms with Crippen LogP contribution in [0.25, 0.3) is 0 Å². The van der Waals surface area contributed by atoms with Crippen LogP contribution in [0.1, 0.15) is 44.1 Å². The van der Waals surface area contributed by atoms with E-state index in [1.165, 1.54) is 17.7 Å². The first-order valence-corrected chi connectivity index (χ1v) is 7.15. The summed E-state index contributed by atoms with van der Waals surface area (Å²) in [6.45, 7) is 10.3. The molecular formula is C14H22N6. The average molecular weight is 274 g/mol. The number of nitrogens with one attached hydrogen (secondary N) is 1. The van der Waals surface area contributed by atoms with Gasteiger partial charge < -0.3 is 4.90 Å². The van der Waals surface area contributed by atoms with Crippen LogP contribution in [-0.4, -0.2) is 31.7 Å². The zero-order valence-corrected chi connectivity index (χ0v) is 12.6. The molecule has 20 heavy (non-hydrogen) atoms. The molecule has 2 aromatic rings. The van der Waals surface area contributed by atoms with E-state index < -0.39 is 0 Å². The minimum absolute atomic E-state index is 0.0266. The van der Waals surface area contributed by atoms with Gasteiger partial charge in [-0.25, -0.2) is 4.68 Å². The number of rotatable bonds is 2. The van der Waals surface area contributed by atoms with Crippen LogP contribution in [0.5, 0.6) is 0 Å². The van der Waals surface area contributed by atoms with Gasteiger partial charge in [-0.3, -0.25) is 5.10 Å². The summed E-state index contributed by atoms with van der Waals surface area (Å²) in [5, 5.41) is 16.0. The molecule has 0 bridgehead atoms. The molecule has 6 heteroatoms. The van der Waals surface area contributed by atoms with Gasteiger partial charge in [0.15, 0.2) is 5.82 Å². The number of nitrogens with zero attached hydrogens (tertiary/aromatic N) is 5. The number of aryl methyl sites for hydroxylation is 1. The van der Waals surface area contributed by atoms with Gasteiger partial charge in [0.05, 0.1) is 18.3 Å². The molecule has 3 rings (SSSR count). The summed E-state index contributed by atoms with van der Waals surface area (Å²) < 4.78 is 1.92. The highest BCUT2D eigenvalue weighted by atomic mass is 15.4. The first kappa shape index (κ1) is 13.1. The van der Waals surface area contributed by atoms with E-state index in [0.717, 1.165) is 31.0 Å². The average Bonchev–Trinajstić information content (AvgIpc) is 2.98. The molecule has 3 heterocycles. The maximum atomic E-state index is 4.44. The number of anilines is 1. The molecule has 0 aromatic carbocycles. The summed E-state index contributed by atoms with van der Waals surface area (Å²) in [4.78, 5) is 2.29. The van der Waals surface area contributed by atoms with Crippen LogP contribution in [0.2, 0.25) is 0 Å². The van der Waals surface area contributed by atoms with Crippen LogP contribution in [0.3, 0.4) is 0 Å². The summed E-state index contributed by atoms with van der Waals surface area (Å²) in [6, 6.07) is 0. The summed E-state index contributed by atoms with van der Waals surface area (Å²) >= 11 is 0. The predicted octanol–water partition coefficient (Wildman–Crippen LogP) is 2.02. The van der Waals surface area contributed by atoms with E-state index >= 15 is 0 Å². The summed E-state index contributed by atoms with van der Waals surface area (Å²) in [5.74, 6) is 1.08. The van der Waals surface area contributed by atoms with Gasteiger partial charge in [0.1, 0.15) is 5.69 Å². The topological polar surface area (TPSA) is 62.6 Å². The van der Waals surface area contributed by atoms with Gasteiger partial charge in [-0.1, -0.05) is 5.21 Å². The zero-order chi connectivity index (χ0) is 14.3. The quantitative estimate of drug-likeness (QED) is 0.910. The van der Waals surface area contributed by atoms with E-state index in [1.54, 1.807) is 0 Å². The van der Waals surface area contributed by atoms with E-state index in [2.05, 4.69) is 53.1 Å². The Kier molecular flexibility index (Phi) is 3.03. The normalized spacial score (nSPS) is 15.5. The lowest BCUT2D eigenvalue weighted by Crippen LogP contribution is -2.29. The Morgan fingerprint density at radius 2 is 2.15 bits per heavy atom. The molecule has 0 unspecified atom stereocenters. The lowest BCUT2D eigenvalue weighted by atomic mass is 10.1. The third-order valence-corrected chi connectivity index (χ3v) is 3.79. The van der Waals surface area contributed by atoms with Crippen molar-refractivity contribution in [1.82, 2.24) is 25.2 Å². The fourth-order valence-corrected chi connectivity index (χ4v) is 2.60. The van der Waals surface area contributed by atoms with Crippen molar-refractivity contribution in [2.75, 3.05) is 11.4 Å². The fourth-order valence-electron chi connectivity index (χ4n) is 2.60. The molecule has 0 radical (unpaired) electrons. The molecule has 0 fully saturated rings. The van der Waals surface area contributed by atoms with Gasteiger partial charge >= 0.3 is 0 Å². The third-order valence-electron chi connectivity index (χ3n) is 3.79. The summed E-state index contributed by atoms with van der Waals surface area (Å²) in [6.07, 6.45) is 4.32. The van der Waals surface area contributed by atoms with Gasteiger partial charge in [-0.15, -0.1) is 5.10 Å². The molecule has 1 N–H and O–H groups in total. The Hall–Kier alpha value is -1.85. The minimum atomic E-state index is -0.0266. The minimum Gasteiger partial charge on any atom is -0.349 e. The van der Waals surface area contributed by atoms with Crippen molar-refractivity contribution in [3.63, 3.8) is 0 Å². The first-order valence-electron chi connectivity index (χ1n) is 7.15. The van der Waals surface area contributed by atoms with Crippen molar-refractivity contribution >= 4 is 5.82 Å². The van der Waals surface area contributed by atoms with Crippen molar-refractivity contribution < 1.29 is 0 Å². The number of hydrogen-bond donors (Lipinski definition) is 1. The Morgan fingerprint density at radius 1 is 1.35 bits per heavy atom. The van der Waals surface area contributed by atoms with Crippen LogP contribution in [0.4, 0.5) is 5.82 Å². The van der Waals surface area contributed by atoms with Gasteiger partial charge in [0.25, 0.3) is 0 Å². The molecule has 108 valence electrons. The molecule has 6 nitrogen and oxygen atoms in total. The zero-order valence-electron chi connectivity index (χ0n) is 12.6. The van der Waals surface area contributed by atoms with Gasteiger partial charge in [0, 0.05) is 17.8 Å². The molecule has 1 aliphatic heterocycles. The van der Waals surface area contributed by atoms with E-state index in [0.29, 0.717) is 0 Å². The van der Waals surface area contributed by atoms with Crippen molar-refractivity contribution in [2.24, 2.45) is 0 Å². The van der Waals surface area contributed by atoms with Crippen LogP contribution in [-0.2, 0) is 18.5 Å². The Bertz CT molecular complexity index is 603. The van der Waals surface area contributed by atoms with Crippen LogP contribution < -0.4 is 4.90 Å². The second-order valence-electron chi connectivity index (χ2n) is 6.50. The Morgan fingerprint density at radius 3 is 2.85 bits per heavy atom. The second-order valence-corrected chi connectivity index (χ2v) is 6.50. The Labute approximate surface area is 119 Å². The SMILES string of the molecule is Cc1[nH]nc2c1CCCN2Cc1cn(C(C)(C)C)nn1. The van der Waals surface area contributed by atoms with Crippen molar-refractivity contribution in [3.8, 4) is 0 Å². The largest absolute Gasteiger partial charge is 0.349 e. The summed E-state index contributed by atoms with van der Waals surface area (Å²) in [5.41, 5.74) is 3.50. The number of H-pyrrole nitrogens is 1. The van der Waals surface area contributed by atoms with E-state index in [9.17, 15) is 0 Å². The van der Waals surface area contributed by atoms with E-state index in [4.69, 9.17) is 0 Å². The van der Waals surface area contributed by atoms with Crippen LogP contribution in [0, 0.1) is 6.92 Å². The van der Waals surface area contributed by atoms with Gasteiger partial charge in [0.2, 0.25) is 0 Å². The molecule has 0 spiro atoms. The highest BCUT2D eigenvalue weighted by Gasteiger charge is 2.23. The molecule has 0 aliphatic carbocycles. The van der Waals surface area contributed by atoms with Crippen molar-refractivity contribution in [2.45, 2.75) is 52.6 Å². The van der Waals surface area contributed by atoms with E-state index in [1.807, 2.05) is 10.9 Å². The lowest BCUT2D eigenvalue weighted by molar-refractivity contribution is 0.347. The second kappa shape index (κ2) is 4.61. The van der Waals surface area contributed by atoms with Crippen molar-refractivity contribution in [1.29, 1.82) is 0 Å². The lowest BCUT2D eigenvalue weighted by Gasteiger charge is -2.26. The molecule has 1 aliphatic rings. The maximum absolute atomic E-state index is 4.44. The number of aromatic amines is 1. The predicted molar refractivity (Wildman–Crippen MR) is 77.7 cm³/mol. The molecule has 0 amide bonds. The number of hydrogen-bond acceptors (Lipinski definition) is 4. The number of fused-ring (bicyclic) bond motifs is 1. The molecule has 0 saturated heterocycles. The number of aromatic nitrogens is 5. The van der Waals surface area contributed by atoms with Crippen molar-refractivity contribution in [3.05, 3.63) is 23.1 Å². The third kappa shape index (κ3) is 2.30. The van der Waals surface area contributed by atoms with Gasteiger partial charge in [-0.2, -0.15) is 5.10 Å². The highest BCUT2D eigenvalue weighted by Crippen LogP contribution is 2.28. The maximum Gasteiger partial charge on any atom is 0.154 e. The molecule has 2 aromatic heterocycles. The van der Waals surface area contributed by atoms with Gasteiger partial charge in [-0.05, 0) is 40.5 Å². The van der Waals surface area contributed by atoms with Crippen LogP contribution >= 0.6 is 0 Å². The Balaban J connectivity index is 1.81. The summed E-state index contributed by atoms with van der Waals surface area (Å²) in [7, 11) is 0. The molecular weight excluding hydrogens is 252 g/mol.